The van der Waals surface area contributed by atoms with E-state index in [4.69, 9.17) is 9.68 Å². The van der Waals surface area contributed by atoms with Crippen molar-refractivity contribution < 1.29 is 9.21 Å². The molecule has 5 heteroatoms. The van der Waals surface area contributed by atoms with E-state index in [9.17, 15) is 4.79 Å². The Kier molecular flexibility index (Phi) is 3.08. The molecule has 0 bridgehead atoms. The first-order chi connectivity index (χ1) is 8.28. The van der Waals surface area contributed by atoms with Gasteiger partial charge in [-0.25, -0.2) is 4.79 Å². The van der Waals surface area contributed by atoms with E-state index in [1.165, 1.54) is 6.26 Å². The molecule has 0 spiro atoms. The average molecular weight is 227 g/mol. The van der Waals surface area contributed by atoms with E-state index in [-0.39, 0.29) is 0 Å². The van der Waals surface area contributed by atoms with Crippen LogP contribution in [0, 0.1) is 11.3 Å². The molecule has 1 heterocycles. The third kappa shape index (κ3) is 2.86. The fourth-order valence-electron chi connectivity index (χ4n) is 1.25. The number of hydrogen-bond acceptors (Lipinski definition) is 3. The van der Waals surface area contributed by atoms with Crippen LogP contribution < -0.4 is 10.6 Å². The van der Waals surface area contributed by atoms with Gasteiger partial charge < -0.3 is 9.73 Å². The summed E-state index contributed by atoms with van der Waals surface area (Å²) >= 11 is 0. The Hall–Kier alpha value is -2.74. The predicted octanol–water partition coefficient (Wildman–Crippen LogP) is 2.80. The van der Waals surface area contributed by atoms with Crippen LogP contribution in [-0.2, 0) is 0 Å². The van der Waals surface area contributed by atoms with E-state index in [1.54, 1.807) is 36.4 Å². The second-order valence-electron chi connectivity index (χ2n) is 3.25. The first-order valence-corrected chi connectivity index (χ1v) is 4.89. The number of urea groups is 1. The third-order valence-electron chi connectivity index (χ3n) is 2.03. The summed E-state index contributed by atoms with van der Waals surface area (Å²) in [5, 5.41) is 13.7. The summed E-state index contributed by atoms with van der Waals surface area (Å²) in [6.07, 6.45) is 1.47. The van der Waals surface area contributed by atoms with Crippen molar-refractivity contribution in [3.05, 3.63) is 48.2 Å². The first kappa shape index (κ1) is 10.8. The Labute approximate surface area is 97.7 Å². The highest BCUT2D eigenvalue weighted by Gasteiger charge is 2.03. The van der Waals surface area contributed by atoms with Crippen molar-refractivity contribution in [3.8, 4) is 6.07 Å². The van der Waals surface area contributed by atoms with Crippen molar-refractivity contribution in [3.63, 3.8) is 0 Å². The van der Waals surface area contributed by atoms with E-state index in [1.807, 2.05) is 6.07 Å². The number of carbonyl (C=O) groups excluding carboxylic acids is 1. The van der Waals surface area contributed by atoms with Gasteiger partial charge in [-0.1, -0.05) is 0 Å². The number of rotatable bonds is 2. The van der Waals surface area contributed by atoms with Crippen LogP contribution in [0.3, 0.4) is 0 Å². The highest BCUT2D eigenvalue weighted by Crippen LogP contribution is 2.11. The lowest BCUT2D eigenvalue weighted by Gasteiger charge is -2.04. The summed E-state index contributed by atoms with van der Waals surface area (Å²) in [6.45, 7) is 0. The average Bonchev–Trinajstić information content (AvgIpc) is 2.82. The van der Waals surface area contributed by atoms with Gasteiger partial charge in [-0.2, -0.15) is 5.26 Å². The van der Waals surface area contributed by atoms with Gasteiger partial charge in [-0.15, -0.1) is 0 Å². The van der Waals surface area contributed by atoms with Crippen LogP contribution in [0.15, 0.2) is 47.1 Å². The van der Waals surface area contributed by atoms with Crippen LogP contribution in [0.25, 0.3) is 0 Å². The highest BCUT2D eigenvalue weighted by molar-refractivity contribution is 5.98. The van der Waals surface area contributed by atoms with Gasteiger partial charge in [0.15, 0.2) is 0 Å². The van der Waals surface area contributed by atoms with Gasteiger partial charge in [-0.05, 0) is 30.3 Å². The molecule has 0 aliphatic rings. The maximum Gasteiger partial charge on any atom is 0.326 e. The molecule has 0 saturated heterocycles. The lowest BCUT2D eigenvalue weighted by Crippen LogP contribution is -2.18. The number of nitriles is 1. The maximum atomic E-state index is 11.5. The summed E-state index contributed by atoms with van der Waals surface area (Å²) < 4.78 is 4.96. The lowest BCUT2D eigenvalue weighted by molar-refractivity contribution is 0.261. The Bertz CT molecular complexity index is 538. The first-order valence-electron chi connectivity index (χ1n) is 4.89. The molecule has 5 nitrogen and oxygen atoms in total. The molecule has 0 aliphatic heterocycles. The van der Waals surface area contributed by atoms with Crippen molar-refractivity contribution in [1.29, 1.82) is 5.26 Å². The van der Waals surface area contributed by atoms with Gasteiger partial charge in [0.1, 0.15) is 0 Å². The molecule has 0 saturated carbocycles. The van der Waals surface area contributed by atoms with E-state index in [0.29, 0.717) is 17.1 Å². The minimum atomic E-state index is -0.398. The number of anilines is 2. The quantitative estimate of drug-likeness (QED) is 0.827. The fourth-order valence-corrected chi connectivity index (χ4v) is 1.25. The monoisotopic (exact) mass is 227 g/mol. The molecule has 2 N–H and O–H groups in total. The molecule has 1 aromatic carbocycles. The lowest BCUT2D eigenvalue weighted by atomic mass is 10.2. The van der Waals surface area contributed by atoms with Gasteiger partial charge >= 0.3 is 6.03 Å². The topological polar surface area (TPSA) is 78.1 Å². The smallest absolute Gasteiger partial charge is 0.326 e. The molecule has 0 radical (unpaired) electrons. The SMILES string of the molecule is N#Cc1ccc(NC(=O)Nc2ccco2)cc1. The van der Waals surface area contributed by atoms with Crippen LogP contribution in [0.2, 0.25) is 0 Å². The summed E-state index contributed by atoms with van der Waals surface area (Å²) in [5.74, 6) is 0.371. The Morgan fingerprint density at radius 3 is 2.53 bits per heavy atom. The standard InChI is InChI=1S/C12H9N3O2/c13-8-9-3-5-10(6-4-9)14-12(16)15-11-2-1-7-17-11/h1-7H,(H2,14,15,16). The maximum absolute atomic E-state index is 11.5. The molecule has 84 valence electrons. The molecule has 1 aromatic heterocycles. The molecular weight excluding hydrogens is 218 g/mol. The zero-order valence-corrected chi connectivity index (χ0v) is 8.81. The largest absolute Gasteiger partial charge is 0.449 e. The molecule has 0 unspecified atom stereocenters. The number of nitrogens with one attached hydrogen (secondary N) is 2. The predicted molar refractivity (Wildman–Crippen MR) is 62.5 cm³/mol. The van der Waals surface area contributed by atoms with Gasteiger partial charge in [0.25, 0.3) is 0 Å². The minimum Gasteiger partial charge on any atom is -0.449 e. The van der Waals surface area contributed by atoms with Crippen molar-refractivity contribution in [2.24, 2.45) is 0 Å². The van der Waals surface area contributed by atoms with Crippen molar-refractivity contribution in [2.75, 3.05) is 10.6 Å². The molecule has 0 fully saturated rings. The summed E-state index contributed by atoms with van der Waals surface area (Å²) in [4.78, 5) is 11.5. The molecule has 2 rings (SSSR count). The Balaban J connectivity index is 1.96. The molecule has 0 atom stereocenters. The Morgan fingerprint density at radius 1 is 1.18 bits per heavy atom. The number of furan rings is 1. The van der Waals surface area contributed by atoms with Crippen LogP contribution in [0.5, 0.6) is 0 Å². The molecule has 0 aliphatic carbocycles. The molecule has 17 heavy (non-hydrogen) atoms. The van der Waals surface area contributed by atoms with Gasteiger partial charge in [-0.3, -0.25) is 5.32 Å². The van der Waals surface area contributed by atoms with Gasteiger partial charge in [0, 0.05) is 11.8 Å². The van der Waals surface area contributed by atoms with Crippen LogP contribution in [0.1, 0.15) is 5.56 Å². The number of carbonyl (C=O) groups is 1. The van der Waals surface area contributed by atoms with Crippen molar-refractivity contribution in [2.45, 2.75) is 0 Å². The number of benzene rings is 1. The summed E-state index contributed by atoms with van der Waals surface area (Å²) in [7, 11) is 0. The third-order valence-corrected chi connectivity index (χ3v) is 2.03. The van der Waals surface area contributed by atoms with E-state index in [0.717, 1.165) is 0 Å². The fraction of sp³-hybridized carbons (Fsp3) is 0. The normalized spacial score (nSPS) is 9.35. The van der Waals surface area contributed by atoms with Crippen LogP contribution in [0.4, 0.5) is 16.4 Å². The minimum absolute atomic E-state index is 0.371. The van der Waals surface area contributed by atoms with Crippen LogP contribution in [-0.4, -0.2) is 6.03 Å². The Morgan fingerprint density at radius 2 is 1.94 bits per heavy atom. The number of amides is 2. The van der Waals surface area contributed by atoms with Gasteiger partial charge in [0.05, 0.1) is 17.9 Å². The molecule has 2 aromatic rings. The second-order valence-corrected chi connectivity index (χ2v) is 3.25. The van der Waals surface area contributed by atoms with Crippen LogP contribution >= 0.6 is 0 Å². The highest BCUT2D eigenvalue weighted by atomic mass is 16.3. The van der Waals surface area contributed by atoms with Gasteiger partial charge in [0.2, 0.25) is 5.88 Å². The van der Waals surface area contributed by atoms with E-state index >= 15 is 0 Å². The summed E-state index contributed by atoms with van der Waals surface area (Å²) in [6, 6.07) is 11.5. The summed E-state index contributed by atoms with van der Waals surface area (Å²) in [5.41, 5.74) is 1.15. The molecular formula is C12H9N3O2. The molecule has 2 amide bonds. The zero-order chi connectivity index (χ0) is 12.1. The van der Waals surface area contributed by atoms with Crippen molar-refractivity contribution >= 4 is 17.6 Å². The van der Waals surface area contributed by atoms with E-state index < -0.39 is 6.03 Å². The zero-order valence-electron chi connectivity index (χ0n) is 8.81. The number of hydrogen-bond donors (Lipinski definition) is 2. The second kappa shape index (κ2) is 4.86. The van der Waals surface area contributed by atoms with E-state index in [2.05, 4.69) is 10.6 Å². The number of nitrogens with zero attached hydrogens (tertiary/aromatic N) is 1. The van der Waals surface area contributed by atoms with Crippen molar-refractivity contribution in [1.82, 2.24) is 0 Å².